The molecule has 0 unspecified atom stereocenters. The number of aromatic nitrogens is 4. The largest absolute Gasteiger partial charge is 0.338 e. The SMILES string of the molecule is CC(C)c1noc([C@@H](C)NS(=O)(=O)c2cccc3nsnc23)n1. The molecule has 0 saturated carbocycles. The summed E-state index contributed by atoms with van der Waals surface area (Å²) in [6, 6.07) is 4.19. The minimum atomic E-state index is -3.79. The van der Waals surface area contributed by atoms with Crippen LogP contribution in [0.1, 0.15) is 44.4 Å². The molecule has 0 amide bonds. The summed E-state index contributed by atoms with van der Waals surface area (Å²) in [5.74, 6) is 0.865. The fourth-order valence-electron chi connectivity index (χ4n) is 2.00. The number of benzene rings is 1. The van der Waals surface area contributed by atoms with Crippen LogP contribution >= 0.6 is 11.7 Å². The van der Waals surface area contributed by atoms with Crippen LogP contribution in [0, 0.1) is 0 Å². The van der Waals surface area contributed by atoms with Crippen molar-refractivity contribution in [2.45, 2.75) is 37.6 Å². The van der Waals surface area contributed by atoms with E-state index in [9.17, 15) is 8.42 Å². The summed E-state index contributed by atoms with van der Waals surface area (Å²) >= 11 is 0.972. The molecule has 2 heterocycles. The predicted octanol–water partition coefficient (Wildman–Crippen LogP) is 2.24. The first-order chi connectivity index (χ1) is 10.9. The second kappa shape index (κ2) is 5.95. The van der Waals surface area contributed by atoms with E-state index in [2.05, 4.69) is 23.6 Å². The van der Waals surface area contributed by atoms with Gasteiger partial charge in [0.25, 0.3) is 0 Å². The van der Waals surface area contributed by atoms with Crippen molar-refractivity contribution in [1.82, 2.24) is 23.6 Å². The first-order valence-electron chi connectivity index (χ1n) is 6.95. The van der Waals surface area contributed by atoms with Gasteiger partial charge in [0, 0.05) is 5.92 Å². The number of sulfonamides is 1. The third-order valence-corrected chi connectivity index (χ3v) is 5.33. The molecule has 23 heavy (non-hydrogen) atoms. The Morgan fingerprint density at radius 2 is 2.00 bits per heavy atom. The minimum absolute atomic E-state index is 0.0826. The van der Waals surface area contributed by atoms with Crippen molar-refractivity contribution < 1.29 is 12.9 Å². The summed E-state index contributed by atoms with van der Waals surface area (Å²) in [7, 11) is -3.79. The van der Waals surface area contributed by atoms with Crippen molar-refractivity contribution in [3.8, 4) is 0 Å². The van der Waals surface area contributed by atoms with Crippen LogP contribution in [-0.2, 0) is 10.0 Å². The third kappa shape index (κ3) is 3.09. The highest BCUT2D eigenvalue weighted by Gasteiger charge is 2.25. The third-order valence-electron chi connectivity index (χ3n) is 3.21. The molecule has 1 aromatic carbocycles. The Labute approximate surface area is 137 Å². The molecular weight excluding hydrogens is 338 g/mol. The van der Waals surface area contributed by atoms with Gasteiger partial charge < -0.3 is 4.52 Å². The van der Waals surface area contributed by atoms with Crippen LogP contribution in [0.15, 0.2) is 27.6 Å². The number of hydrogen-bond donors (Lipinski definition) is 1. The molecule has 0 bridgehead atoms. The van der Waals surface area contributed by atoms with Gasteiger partial charge in [-0.1, -0.05) is 25.1 Å². The topological polar surface area (TPSA) is 111 Å². The molecule has 0 spiro atoms. The second-order valence-electron chi connectivity index (χ2n) is 5.38. The quantitative estimate of drug-likeness (QED) is 0.748. The Hall–Kier alpha value is -1.91. The highest BCUT2D eigenvalue weighted by Crippen LogP contribution is 2.23. The maximum atomic E-state index is 12.6. The van der Waals surface area contributed by atoms with Gasteiger partial charge in [0.2, 0.25) is 15.9 Å². The summed E-state index contributed by atoms with van der Waals surface area (Å²) in [4.78, 5) is 4.29. The fraction of sp³-hybridized carbons (Fsp3) is 0.385. The summed E-state index contributed by atoms with van der Waals surface area (Å²) in [5, 5.41) is 3.84. The van der Waals surface area contributed by atoms with E-state index >= 15 is 0 Å². The number of fused-ring (bicyclic) bond motifs is 1. The Kier molecular flexibility index (Phi) is 4.13. The zero-order valence-electron chi connectivity index (χ0n) is 12.7. The summed E-state index contributed by atoms with van der Waals surface area (Å²) < 4.78 is 41.0. The fourth-order valence-corrected chi connectivity index (χ4v) is 3.97. The van der Waals surface area contributed by atoms with Crippen molar-refractivity contribution in [2.24, 2.45) is 0 Å². The molecule has 1 N–H and O–H groups in total. The van der Waals surface area contributed by atoms with Crippen molar-refractivity contribution in [1.29, 1.82) is 0 Å². The number of nitrogens with one attached hydrogen (secondary N) is 1. The molecule has 10 heteroatoms. The smallest absolute Gasteiger partial charge is 0.244 e. The standard InChI is InChI=1S/C13H15N5O3S2/c1-7(2)12-14-13(21-15-12)8(3)18-23(19,20)10-6-4-5-9-11(10)17-22-16-9/h4-8,18H,1-3H3/t8-/m1/s1. The minimum Gasteiger partial charge on any atom is -0.338 e. The van der Waals surface area contributed by atoms with E-state index in [1.165, 1.54) is 6.07 Å². The molecule has 122 valence electrons. The van der Waals surface area contributed by atoms with Crippen molar-refractivity contribution in [3.63, 3.8) is 0 Å². The molecule has 2 aromatic heterocycles. The number of rotatable bonds is 5. The average molecular weight is 353 g/mol. The van der Waals surface area contributed by atoms with Gasteiger partial charge in [-0.25, -0.2) is 8.42 Å². The zero-order chi connectivity index (χ0) is 16.6. The Balaban J connectivity index is 1.89. The van der Waals surface area contributed by atoms with Gasteiger partial charge in [-0.15, -0.1) is 0 Å². The maximum absolute atomic E-state index is 12.6. The molecule has 3 aromatic rings. The summed E-state index contributed by atoms with van der Waals surface area (Å²) in [6.45, 7) is 5.51. The lowest BCUT2D eigenvalue weighted by Gasteiger charge is -2.10. The van der Waals surface area contributed by atoms with Crippen LogP contribution in [0.5, 0.6) is 0 Å². The van der Waals surface area contributed by atoms with E-state index in [1.807, 2.05) is 13.8 Å². The molecule has 0 aliphatic carbocycles. The molecule has 0 aliphatic heterocycles. The van der Waals surface area contributed by atoms with Crippen LogP contribution in [0.4, 0.5) is 0 Å². The van der Waals surface area contributed by atoms with Gasteiger partial charge in [-0.2, -0.15) is 18.5 Å². The normalized spacial score (nSPS) is 13.7. The summed E-state index contributed by atoms with van der Waals surface area (Å²) in [5.41, 5.74) is 0.899. The van der Waals surface area contributed by atoms with Gasteiger partial charge in [0.1, 0.15) is 15.9 Å². The maximum Gasteiger partial charge on any atom is 0.244 e. The van der Waals surface area contributed by atoms with Crippen molar-refractivity contribution in [2.75, 3.05) is 0 Å². The monoisotopic (exact) mass is 353 g/mol. The van der Waals surface area contributed by atoms with Gasteiger partial charge in [0.05, 0.1) is 17.8 Å². The Morgan fingerprint density at radius 1 is 1.22 bits per heavy atom. The molecule has 0 fully saturated rings. The van der Waals surface area contributed by atoms with Gasteiger partial charge in [-0.3, -0.25) is 0 Å². The zero-order valence-corrected chi connectivity index (χ0v) is 14.3. The van der Waals surface area contributed by atoms with Gasteiger partial charge in [0.15, 0.2) is 5.82 Å². The highest BCUT2D eigenvalue weighted by atomic mass is 32.2. The van der Waals surface area contributed by atoms with Gasteiger partial charge in [-0.05, 0) is 19.1 Å². The molecule has 0 saturated heterocycles. The molecule has 0 aliphatic rings. The van der Waals surface area contributed by atoms with E-state index in [-0.39, 0.29) is 16.7 Å². The van der Waals surface area contributed by atoms with Crippen LogP contribution in [0.2, 0.25) is 0 Å². The van der Waals surface area contributed by atoms with Crippen molar-refractivity contribution >= 4 is 32.8 Å². The Morgan fingerprint density at radius 3 is 2.70 bits per heavy atom. The lowest BCUT2D eigenvalue weighted by atomic mass is 10.2. The molecule has 1 atom stereocenters. The first-order valence-corrected chi connectivity index (χ1v) is 9.17. The van der Waals surface area contributed by atoms with Gasteiger partial charge >= 0.3 is 0 Å². The predicted molar refractivity (Wildman–Crippen MR) is 84.5 cm³/mol. The lowest BCUT2D eigenvalue weighted by Crippen LogP contribution is -2.27. The van der Waals surface area contributed by atoms with E-state index in [4.69, 9.17) is 4.52 Å². The first kappa shape index (κ1) is 16.0. The average Bonchev–Trinajstić information content (AvgIpc) is 3.15. The lowest BCUT2D eigenvalue weighted by molar-refractivity contribution is 0.348. The summed E-state index contributed by atoms with van der Waals surface area (Å²) in [6.07, 6.45) is 0. The molecule has 0 radical (unpaired) electrons. The van der Waals surface area contributed by atoms with E-state index in [0.29, 0.717) is 16.9 Å². The van der Waals surface area contributed by atoms with Crippen LogP contribution in [0.3, 0.4) is 0 Å². The molecular formula is C13H15N5O3S2. The van der Waals surface area contributed by atoms with Crippen molar-refractivity contribution in [3.05, 3.63) is 29.9 Å². The second-order valence-corrected chi connectivity index (χ2v) is 7.59. The van der Waals surface area contributed by atoms with E-state index < -0.39 is 16.1 Å². The van der Waals surface area contributed by atoms with Crippen LogP contribution in [-0.4, -0.2) is 27.3 Å². The van der Waals surface area contributed by atoms with Crippen LogP contribution in [0.25, 0.3) is 11.0 Å². The van der Waals surface area contributed by atoms with Crippen LogP contribution < -0.4 is 4.72 Å². The molecule has 3 rings (SSSR count). The molecule has 8 nitrogen and oxygen atoms in total. The van der Waals surface area contributed by atoms with E-state index in [0.717, 1.165) is 11.7 Å². The number of nitrogens with zero attached hydrogens (tertiary/aromatic N) is 4. The highest BCUT2D eigenvalue weighted by molar-refractivity contribution is 7.89. The van der Waals surface area contributed by atoms with E-state index in [1.54, 1.807) is 19.1 Å². The Bertz CT molecular complexity index is 932. The number of hydrogen-bond acceptors (Lipinski definition) is 8.